The van der Waals surface area contributed by atoms with Crippen LogP contribution in [-0.2, 0) is 14.7 Å². The Morgan fingerprint density at radius 1 is 0.711 bits per heavy atom. The lowest BCUT2D eigenvalue weighted by molar-refractivity contribution is -0.00518. The van der Waals surface area contributed by atoms with Crippen molar-refractivity contribution in [2.75, 3.05) is 0 Å². The molecule has 4 aromatic rings. The van der Waals surface area contributed by atoms with Gasteiger partial charge in [0.15, 0.2) is 0 Å². The van der Waals surface area contributed by atoms with E-state index in [-0.39, 0.29) is 11.2 Å². The number of rotatable bonds is 3. The van der Waals surface area contributed by atoms with Gasteiger partial charge in [-0.15, -0.1) is 0 Å². The fraction of sp³-hybridized carbons (Fsp3) is 0.471. The monoisotopic (exact) mass is 504 g/mol. The van der Waals surface area contributed by atoms with Gasteiger partial charge in [0.05, 0.1) is 11.2 Å². The summed E-state index contributed by atoms with van der Waals surface area (Å²) in [6.45, 7) is 8.46. The number of fused-ring (bicyclic) bond motifs is 3. The fourth-order valence-corrected chi connectivity index (χ4v) is 8.65. The summed E-state index contributed by atoms with van der Waals surface area (Å²) in [4.78, 5) is 0. The molecule has 3 nitrogen and oxygen atoms in total. The third-order valence-corrected chi connectivity index (χ3v) is 10.9. The zero-order valence-electron chi connectivity index (χ0n) is 23.1. The Morgan fingerprint density at radius 2 is 1.32 bits per heavy atom. The predicted molar refractivity (Wildman–Crippen MR) is 155 cm³/mol. The lowest BCUT2D eigenvalue weighted by atomic mass is 9.48. The first-order valence-corrected chi connectivity index (χ1v) is 14.6. The topological polar surface area (TPSA) is 31.6 Å². The van der Waals surface area contributed by atoms with Gasteiger partial charge in [0.2, 0.25) is 0 Å². The molecule has 5 fully saturated rings. The third kappa shape index (κ3) is 3.35. The average Bonchev–Trinajstić information content (AvgIpc) is 3.35. The van der Waals surface area contributed by atoms with Crippen LogP contribution in [-0.4, -0.2) is 18.3 Å². The lowest BCUT2D eigenvalue weighted by Crippen LogP contribution is -2.48. The van der Waals surface area contributed by atoms with Gasteiger partial charge >= 0.3 is 7.12 Å². The van der Waals surface area contributed by atoms with E-state index in [9.17, 15) is 0 Å². The summed E-state index contributed by atoms with van der Waals surface area (Å²) in [6.07, 6.45) is 8.62. The van der Waals surface area contributed by atoms with Crippen molar-refractivity contribution < 1.29 is 13.7 Å². The second kappa shape index (κ2) is 7.76. The summed E-state index contributed by atoms with van der Waals surface area (Å²) in [5.74, 6) is 2.85. The van der Waals surface area contributed by atoms with E-state index in [1.807, 2.05) is 6.07 Å². The summed E-state index contributed by atoms with van der Waals surface area (Å²) >= 11 is 0. The van der Waals surface area contributed by atoms with Crippen molar-refractivity contribution in [2.24, 2.45) is 17.8 Å². The summed E-state index contributed by atoms with van der Waals surface area (Å²) in [6, 6.07) is 22.3. The van der Waals surface area contributed by atoms with Gasteiger partial charge in [0, 0.05) is 16.3 Å². The van der Waals surface area contributed by atoms with E-state index in [4.69, 9.17) is 13.7 Å². The molecular formula is C34H37BO3. The molecule has 1 aliphatic heterocycles. The van der Waals surface area contributed by atoms with Crippen LogP contribution in [0, 0.1) is 17.8 Å². The van der Waals surface area contributed by atoms with Crippen molar-refractivity contribution in [3.8, 4) is 11.1 Å². The standard InChI is InChI=1S/C34H37BO3/c1-32(2)33(3,4)38-35(37-32)26-16-28(31-29(17-26)27-7-5-6-8-30(27)36-31)24-9-11-25(12-10-24)34-18-21-13-22(19-34)15-23(14-21)20-34/h5-12,16-17,21-23H,13-15,18-20H2,1-4H3. The number of furan rings is 1. The van der Waals surface area contributed by atoms with Crippen LogP contribution < -0.4 is 5.46 Å². The third-order valence-electron chi connectivity index (χ3n) is 10.9. The number of hydrogen-bond acceptors (Lipinski definition) is 3. The molecule has 4 bridgehead atoms. The minimum absolute atomic E-state index is 0.384. The zero-order chi connectivity index (χ0) is 25.9. The maximum Gasteiger partial charge on any atom is 0.494 e. The molecule has 3 aromatic carbocycles. The first-order valence-electron chi connectivity index (χ1n) is 14.6. The van der Waals surface area contributed by atoms with Gasteiger partial charge in [-0.25, -0.2) is 0 Å². The highest BCUT2D eigenvalue weighted by Crippen LogP contribution is 2.60. The minimum Gasteiger partial charge on any atom is -0.455 e. The smallest absolute Gasteiger partial charge is 0.455 e. The lowest BCUT2D eigenvalue weighted by Gasteiger charge is -2.57. The predicted octanol–water partition coefficient (Wildman–Crippen LogP) is 8.02. The Morgan fingerprint density at radius 3 is 1.95 bits per heavy atom. The molecule has 5 aliphatic rings. The average molecular weight is 504 g/mol. The molecule has 38 heavy (non-hydrogen) atoms. The molecule has 0 amide bonds. The Bertz CT molecular complexity index is 1510. The maximum atomic E-state index is 6.49. The summed E-state index contributed by atoms with van der Waals surface area (Å²) in [5, 5.41) is 2.25. The molecule has 194 valence electrons. The van der Waals surface area contributed by atoms with E-state index in [0.717, 1.165) is 50.7 Å². The van der Waals surface area contributed by atoms with Crippen molar-refractivity contribution in [3.05, 3.63) is 66.2 Å². The molecule has 4 heteroatoms. The van der Waals surface area contributed by atoms with Crippen LogP contribution in [0.4, 0.5) is 0 Å². The van der Waals surface area contributed by atoms with Gasteiger partial charge in [-0.05, 0) is 112 Å². The molecule has 0 unspecified atom stereocenters. The van der Waals surface area contributed by atoms with Crippen LogP contribution in [0.15, 0.2) is 65.1 Å². The van der Waals surface area contributed by atoms with Crippen molar-refractivity contribution >= 4 is 34.5 Å². The molecule has 0 atom stereocenters. The Balaban J connectivity index is 1.24. The first-order chi connectivity index (χ1) is 18.2. The highest BCUT2D eigenvalue weighted by molar-refractivity contribution is 6.62. The number of benzene rings is 3. The van der Waals surface area contributed by atoms with Crippen LogP contribution in [0.5, 0.6) is 0 Å². The quantitative estimate of drug-likeness (QED) is 0.265. The van der Waals surface area contributed by atoms with Gasteiger partial charge in [-0.3, -0.25) is 0 Å². The maximum absolute atomic E-state index is 6.49. The van der Waals surface area contributed by atoms with Gasteiger partial charge in [0.25, 0.3) is 0 Å². The summed E-state index contributed by atoms with van der Waals surface area (Å²) in [5.41, 5.74) is 6.41. The van der Waals surface area contributed by atoms with E-state index in [2.05, 4.69) is 82.3 Å². The van der Waals surface area contributed by atoms with Crippen LogP contribution in [0.1, 0.15) is 71.8 Å². The largest absolute Gasteiger partial charge is 0.494 e. The summed E-state index contributed by atoms with van der Waals surface area (Å²) in [7, 11) is -0.414. The molecule has 1 saturated heterocycles. The number of hydrogen-bond donors (Lipinski definition) is 0. The molecule has 1 aromatic heterocycles. The molecular weight excluding hydrogens is 467 g/mol. The second-order valence-electron chi connectivity index (χ2n) is 13.9. The van der Waals surface area contributed by atoms with Crippen LogP contribution >= 0.6 is 0 Å². The molecule has 0 N–H and O–H groups in total. The second-order valence-corrected chi connectivity index (χ2v) is 13.9. The van der Waals surface area contributed by atoms with E-state index >= 15 is 0 Å². The van der Waals surface area contributed by atoms with E-state index in [1.165, 1.54) is 44.1 Å². The van der Waals surface area contributed by atoms with Crippen molar-refractivity contribution in [2.45, 2.75) is 82.8 Å². The molecule has 9 rings (SSSR count). The van der Waals surface area contributed by atoms with Gasteiger partial charge in [-0.1, -0.05) is 54.6 Å². The van der Waals surface area contributed by atoms with Crippen molar-refractivity contribution in [1.82, 2.24) is 0 Å². The van der Waals surface area contributed by atoms with Gasteiger partial charge in [-0.2, -0.15) is 0 Å². The zero-order valence-corrected chi connectivity index (χ0v) is 23.1. The van der Waals surface area contributed by atoms with Gasteiger partial charge in [0.1, 0.15) is 11.2 Å². The van der Waals surface area contributed by atoms with Crippen LogP contribution in [0.3, 0.4) is 0 Å². The summed E-state index contributed by atoms with van der Waals surface area (Å²) < 4.78 is 19.5. The molecule has 2 heterocycles. The Hall–Kier alpha value is -2.56. The number of para-hydroxylation sites is 1. The van der Waals surface area contributed by atoms with E-state index in [1.54, 1.807) is 5.56 Å². The highest BCUT2D eigenvalue weighted by Gasteiger charge is 2.53. The van der Waals surface area contributed by atoms with Crippen molar-refractivity contribution in [1.29, 1.82) is 0 Å². The molecule has 4 aliphatic carbocycles. The Labute approximate surface area is 226 Å². The SMILES string of the molecule is CC1(C)OB(c2cc(-c3ccc(C45CC6CC(CC(C6)C4)C5)cc3)c3oc4ccccc4c3c2)OC1(C)C. The van der Waals surface area contributed by atoms with Gasteiger partial charge < -0.3 is 13.7 Å². The minimum atomic E-state index is -0.414. The molecule has 0 spiro atoms. The first kappa shape index (κ1) is 23.3. The van der Waals surface area contributed by atoms with Crippen molar-refractivity contribution in [3.63, 3.8) is 0 Å². The Kier molecular flexibility index (Phi) is 4.77. The molecule has 0 radical (unpaired) electrons. The van der Waals surface area contributed by atoms with Crippen LogP contribution in [0.2, 0.25) is 0 Å². The van der Waals surface area contributed by atoms with E-state index in [0.29, 0.717) is 5.41 Å². The van der Waals surface area contributed by atoms with Crippen LogP contribution in [0.25, 0.3) is 33.1 Å². The molecule has 4 saturated carbocycles. The normalized spacial score (nSPS) is 31.1. The highest BCUT2D eigenvalue weighted by atomic mass is 16.7. The van der Waals surface area contributed by atoms with E-state index < -0.39 is 7.12 Å². The fourth-order valence-electron chi connectivity index (χ4n) is 8.65.